The molecular weight excluding hydrogens is 244 g/mol. The van der Waals surface area contributed by atoms with Crippen LogP contribution in [0.1, 0.15) is 53.4 Å². The number of hydrogen-bond acceptors (Lipinski definition) is 4. The molecule has 0 aliphatic heterocycles. The molecule has 19 heavy (non-hydrogen) atoms. The van der Waals surface area contributed by atoms with Crippen molar-refractivity contribution in [1.82, 2.24) is 0 Å². The van der Waals surface area contributed by atoms with E-state index in [0.29, 0.717) is 31.3 Å². The monoisotopic (exact) mass is 268 g/mol. The molecule has 1 aliphatic carbocycles. The predicted molar refractivity (Wildman–Crippen MR) is 72.5 cm³/mol. The van der Waals surface area contributed by atoms with Crippen molar-refractivity contribution in [3.8, 4) is 0 Å². The second kappa shape index (κ2) is 6.22. The molecule has 4 heteroatoms. The summed E-state index contributed by atoms with van der Waals surface area (Å²) in [6.45, 7) is 10.8. The van der Waals surface area contributed by atoms with E-state index in [1.807, 2.05) is 20.8 Å². The van der Waals surface area contributed by atoms with Crippen LogP contribution in [-0.4, -0.2) is 23.6 Å². The van der Waals surface area contributed by atoms with Gasteiger partial charge in [0.25, 0.3) is 0 Å². The molecule has 0 saturated heterocycles. The molecule has 0 atom stereocenters. The Bertz CT molecular complexity index is 357. The van der Waals surface area contributed by atoms with Gasteiger partial charge in [0.15, 0.2) is 0 Å². The van der Waals surface area contributed by atoms with Gasteiger partial charge in [0.2, 0.25) is 0 Å². The van der Waals surface area contributed by atoms with E-state index in [1.54, 1.807) is 6.92 Å². The number of carbonyl (C=O) groups is 2. The summed E-state index contributed by atoms with van der Waals surface area (Å²) in [4.78, 5) is 23.3. The molecule has 0 aromatic carbocycles. The zero-order valence-electron chi connectivity index (χ0n) is 12.3. The van der Waals surface area contributed by atoms with E-state index in [1.165, 1.54) is 0 Å². The van der Waals surface area contributed by atoms with Crippen molar-refractivity contribution in [2.75, 3.05) is 0 Å². The number of rotatable bonds is 3. The third-order valence-corrected chi connectivity index (χ3v) is 3.04. The molecule has 0 spiro atoms. The van der Waals surface area contributed by atoms with Gasteiger partial charge >= 0.3 is 11.9 Å². The topological polar surface area (TPSA) is 52.6 Å². The van der Waals surface area contributed by atoms with Crippen LogP contribution in [0.4, 0.5) is 0 Å². The van der Waals surface area contributed by atoms with Crippen LogP contribution >= 0.6 is 0 Å². The van der Waals surface area contributed by atoms with Crippen molar-refractivity contribution in [2.24, 2.45) is 5.92 Å². The van der Waals surface area contributed by atoms with E-state index in [2.05, 4.69) is 6.58 Å². The molecule has 0 bridgehead atoms. The van der Waals surface area contributed by atoms with Gasteiger partial charge in [0.1, 0.15) is 11.7 Å². The lowest BCUT2D eigenvalue weighted by atomic mass is 9.87. The Hall–Kier alpha value is -1.32. The Kier molecular flexibility index (Phi) is 5.15. The summed E-state index contributed by atoms with van der Waals surface area (Å²) in [5, 5.41) is 0. The molecular formula is C15H24O4. The minimum Gasteiger partial charge on any atom is -0.460 e. The molecule has 108 valence electrons. The fourth-order valence-corrected chi connectivity index (χ4v) is 2.05. The minimum absolute atomic E-state index is 0.0704. The van der Waals surface area contributed by atoms with Crippen molar-refractivity contribution < 1.29 is 19.1 Å². The number of ether oxygens (including phenoxy) is 2. The smallest absolute Gasteiger partial charge is 0.333 e. The molecule has 0 aromatic heterocycles. The van der Waals surface area contributed by atoms with Crippen LogP contribution in [0.5, 0.6) is 0 Å². The predicted octanol–water partition coefficient (Wildman–Crippen LogP) is 3.01. The van der Waals surface area contributed by atoms with Crippen molar-refractivity contribution in [1.29, 1.82) is 0 Å². The van der Waals surface area contributed by atoms with Crippen molar-refractivity contribution >= 4 is 11.9 Å². The molecule has 0 unspecified atom stereocenters. The number of hydrogen-bond donors (Lipinski definition) is 0. The van der Waals surface area contributed by atoms with Gasteiger partial charge in [-0.25, -0.2) is 4.79 Å². The average Bonchev–Trinajstić information content (AvgIpc) is 2.27. The van der Waals surface area contributed by atoms with Crippen LogP contribution in [0.2, 0.25) is 0 Å². The number of carbonyl (C=O) groups excluding carboxylic acids is 2. The Morgan fingerprint density at radius 2 is 1.63 bits per heavy atom. The highest BCUT2D eigenvalue weighted by Crippen LogP contribution is 2.28. The van der Waals surface area contributed by atoms with Gasteiger partial charge in [0, 0.05) is 5.57 Å². The first-order valence-electron chi connectivity index (χ1n) is 6.78. The lowest BCUT2D eigenvalue weighted by molar-refractivity contribution is -0.162. The highest BCUT2D eigenvalue weighted by atomic mass is 16.6. The van der Waals surface area contributed by atoms with Crippen LogP contribution in [0.25, 0.3) is 0 Å². The third-order valence-electron chi connectivity index (χ3n) is 3.04. The largest absolute Gasteiger partial charge is 0.460 e. The summed E-state index contributed by atoms with van der Waals surface area (Å²) in [7, 11) is 0. The summed E-state index contributed by atoms with van der Waals surface area (Å²) in [5.74, 6) is -0.558. The molecule has 1 aliphatic rings. The molecule has 0 aromatic rings. The van der Waals surface area contributed by atoms with Crippen molar-refractivity contribution in [3.63, 3.8) is 0 Å². The molecule has 0 heterocycles. The SMILES string of the molecule is C=C(C)C(=O)OC1CCC(C(=O)OC(C)(C)C)CC1. The van der Waals surface area contributed by atoms with Gasteiger partial charge in [-0.3, -0.25) is 4.79 Å². The van der Waals surface area contributed by atoms with E-state index in [-0.39, 0.29) is 24.0 Å². The van der Waals surface area contributed by atoms with Gasteiger partial charge in [-0.2, -0.15) is 0 Å². The zero-order valence-corrected chi connectivity index (χ0v) is 12.3. The summed E-state index contributed by atoms with van der Waals surface area (Å²) >= 11 is 0. The molecule has 1 fully saturated rings. The maximum atomic E-state index is 11.9. The Labute approximate surface area is 115 Å². The average molecular weight is 268 g/mol. The molecule has 4 nitrogen and oxygen atoms in total. The molecule has 0 radical (unpaired) electrons. The normalized spacial score (nSPS) is 23.6. The third kappa shape index (κ3) is 5.45. The second-order valence-corrected chi connectivity index (χ2v) is 6.19. The van der Waals surface area contributed by atoms with Crippen LogP contribution in [0, 0.1) is 5.92 Å². The van der Waals surface area contributed by atoms with Crippen LogP contribution in [-0.2, 0) is 19.1 Å². The molecule has 1 saturated carbocycles. The molecule has 0 amide bonds. The van der Waals surface area contributed by atoms with Gasteiger partial charge in [0.05, 0.1) is 5.92 Å². The Balaban J connectivity index is 2.39. The lowest BCUT2D eigenvalue weighted by Gasteiger charge is -2.29. The maximum absolute atomic E-state index is 11.9. The van der Waals surface area contributed by atoms with Crippen molar-refractivity contribution in [2.45, 2.75) is 65.1 Å². The van der Waals surface area contributed by atoms with Crippen LogP contribution in [0.3, 0.4) is 0 Å². The highest BCUT2D eigenvalue weighted by molar-refractivity contribution is 5.87. The lowest BCUT2D eigenvalue weighted by Crippen LogP contribution is -2.33. The summed E-state index contributed by atoms with van der Waals surface area (Å²) in [6.07, 6.45) is 2.75. The molecule has 0 N–H and O–H groups in total. The first kappa shape index (κ1) is 15.7. The standard InChI is InChI=1S/C15H24O4/c1-10(2)13(16)18-12-8-6-11(7-9-12)14(17)19-15(3,4)5/h11-12H,1,6-9H2,2-5H3. The highest BCUT2D eigenvalue weighted by Gasteiger charge is 2.31. The van der Waals surface area contributed by atoms with Crippen LogP contribution < -0.4 is 0 Å². The molecule has 1 rings (SSSR count). The van der Waals surface area contributed by atoms with Crippen molar-refractivity contribution in [3.05, 3.63) is 12.2 Å². The summed E-state index contributed by atoms with van der Waals surface area (Å²) in [6, 6.07) is 0. The van der Waals surface area contributed by atoms with Gasteiger partial charge in [-0.1, -0.05) is 6.58 Å². The van der Waals surface area contributed by atoms with E-state index in [9.17, 15) is 9.59 Å². The minimum atomic E-state index is -0.444. The fraction of sp³-hybridized carbons (Fsp3) is 0.733. The van der Waals surface area contributed by atoms with Gasteiger partial charge in [-0.05, 0) is 53.4 Å². The Morgan fingerprint density at radius 3 is 2.05 bits per heavy atom. The summed E-state index contributed by atoms with van der Waals surface area (Å²) < 4.78 is 10.7. The quantitative estimate of drug-likeness (QED) is 0.583. The van der Waals surface area contributed by atoms with Gasteiger partial charge in [-0.15, -0.1) is 0 Å². The Morgan fingerprint density at radius 1 is 1.11 bits per heavy atom. The fourth-order valence-electron chi connectivity index (χ4n) is 2.05. The second-order valence-electron chi connectivity index (χ2n) is 6.19. The maximum Gasteiger partial charge on any atom is 0.333 e. The first-order valence-corrected chi connectivity index (χ1v) is 6.78. The van der Waals surface area contributed by atoms with E-state index < -0.39 is 5.60 Å². The first-order chi connectivity index (χ1) is 8.69. The zero-order chi connectivity index (χ0) is 14.6. The van der Waals surface area contributed by atoms with E-state index in [4.69, 9.17) is 9.47 Å². The summed E-state index contributed by atoms with van der Waals surface area (Å²) in [5.41, 5.74) is -0.0327. The van der Waals surface area contributed by atoms with E-state index >= 15 is 0 Å². The van der Waals surface area contributed by atoms with Crippen LogP contribution in [0.15, 0.2) is 12.2 Å². The van der Waals surface area contributed by atoms with E-state index in [0.717, 1.165) is 0 Å². The number of esters is 2. The van der Waals surface area contributed by atoms with Gasteiger partial charge < -0.3 is 9.47 Å².